The zero-order valence-electron chi connectivity index (χ0n) is 9.08. The molecule has 1 fully saturated rings. The fourth-order valence-corrected chi connectivity index (χ4v) is 1.89. The van der Waals surface area contributed by atoms with Gasteiger partial charge in [-0.15, -0.1) is 0 Å². The largest absolute Gasteiger partial charge is 0.480 e. The number of amides is 1. The molecule has 15 heavy (non-hydrogen) atoms. The summed E-state index contributed by atoms with van der Waals surface area (Å²) in [5.74, 6) is -0.447. The molecule has 0 aromatic heterocycles. The summed E-state index contributed by atoms with van der Waals surface area (Å²) < 4.78 is 4.44. The first-order valence-electron chi connectivity index (χ1n) is 5.10. The number of nitrogens with one attached hydrogen (secondary N) is 1. The molecule has 1 rings (SSSR count). The second kappa shape index (κ2) is 4.51. The molecule has 0 unspecified atom stereocenters. The maximum atomic E-state index is 11.2. The van der Waals surface area contributed by atoms with Gasteiger partial charge in [-0.05, 0) is 31.6 Å². The van der Waals surface area contributed by atoms with Gasteiger partial charge in [-0.2, -0.15) is 0 Å². The number of methoxy groups -OCH3 is 1. The molecule has 0 aromatic rings. The summed E-state index contributed by atoms with van der Waals surface area (Å²) in [5, 5.41) is 11.6. The van der Waals surface area contributed by atoms with Gasteiger partial charge in [0.2, 0.25) is 0 Å². The molecule has 5 nitrogen and oxygen atoms in total. The van der Waals surface area contributed by atoms with Crippen molar-refractivity contribution >= 4 is 12.1 Å². The van der Waals surface area contributed by atoms with Gasteiger partial charge in [-0.25, -0.2) is 9.59 Å². The quantitative estimate of drug-likeness (QED) is 0.729. The first kappa shape index (κ1) is 11.8. The van der Waals surface area contributed by atoms with Crippen molar-refractivity contribution in [2.24, 2.45) is 5.92 Å². The summed E-state index contributed by atoms with van der Waals surface area (Å²) in [6.45, 7) is 2.09. The number of hydrogen-bond donors (Lipinski definition) is 2. The molecule has 1 amide bonds. The van der Waals surface area contributed by atoms with Crippen LogP contribution in [0.15, 0.2) is 0 Å². The van der Waals surface area contributed by atoms with Crippen molar-refractivity contribution < 1.29 is 19.4 Å². The van der Waals surface area contributed by atoms with Crippen LogP contribution in [-0.2, 0) is 9.53 Å². The van der Waals surface area contributed by atoms with E-state index >= 15 is 0 Å². The molecule has 0 aliphatic heterocycles. The Labute approximate surface area is 88.8 Å². The van der Waals surface area contributed by atoms with Crippen LogP contribution in [0.25, 0.3) is 0 Å². The van der Waals surface area contributed by atoms with Crippen LogP contribution in [0.2, 0.25) is 0 Å². The summed E-state index contributed by atoms with van der Waals surface area (Å²) in [7, 11) is 1.23. The number of ether oxygens (including phenoxy) is 1. The van der Waals surface area contributed by atoms with E-state index < -0.39 is 17.6 Å². The van der Waals surface area contributed by atoms with Gasteiger partial charge in [0.1, 0.15) is 5.54 Å². The van der Waals surface area contributed by atoms with Crippen LogP contribution in [0.3, 0.4) is 0 Å². The molecule has 0 bridgehead atoms. The molecule has 0 radical (unpaired) electrons. The fourth-order valence-electron chi connectivity index (χ4n) is 1.89. The van der Waals surface area contributed by atoms with Gasteiger partial charge in [0.25, 0.3) is 0 Å². The molecule has 0 saturated heterocycles. The lowest BCUT2D eigenvalue weighted by Gasteiger charge is -2.35. The van der Waals surface area contributed by atoms with Gasteiger partial charge in [0.15, 0.2) is 0 Å². The Kier molecular flexibility index (Phi) is 3.55. The number of carbonyl (C=O) groups is 2. The van der Waals surface area contributed by atoms with E-state index in [0.29, 0.717) is 18.8 Å². The average Bonchev–Trinajstić information content (AvgIpc) is 2.21. The highest BCUT2D eigenvalue weighted by atomic mass is 16.5. The Bertz CT molecular complexity index is 256. The van der Waals surface area contributed by atoms with Crippen LogP contribution in [0.4, 0.5) is 4.79 Å². The third-order valence-corrected chi connectivity index (χ3v) is 3.06. The normalized spacial score (nSPS) is 30.7. The zero-order chi connectivity index (χ0) is 11.5. The molecule has 1 saturated carbocycles. The van der Waals surface area contributed by atoms with Gasteiger partial charge in [0.05, 0.1) is 7.11 Å². The summed E-state index contributed by atoms with van der Waals surface area (Å²) in [6, 6.07) is 0. The Balaban J connectivity index is 2.71. The van der Waals surface area contributed by atoms with Gasteiger partial charge >= 0.3 is 12.1 Å². The molecule has 1 aliphatic rings. The lowest BCUT2D eigenvalue weighted by atomic mass is 9.77. The highest BCUT2D eigenvalue weighted by Gasteiger charge is 2.42. The van der Waals surface area contributed by atoms with Crippen molar-refractivity contribution in [1.82, 2.24) is 5.32 Å². The highest BCUT2D eigenvalue weighted by molar-refractivity contribution is 5.84. The van der Waals surface area contributed by atoms with E-state index in [2.05, 4.69) is 17.0 Å². The van der Waals surface area contributed by atoms with Crippen molar-refractivity contribution in [3.05, 3.63) is 0 Å². The lowest BCUT2D eigenvalue weighted by Crippen LogP contribution is -2.56. The summed E-state index contributed by atoms with van der Waals surface area (Å²) in [4.78, 5) is 22.2. The van der Waals surface area contributed by atoms with Crippen LogP contribution in [0.1, 0.15) is 32.6 Å². The molecular weight excluding hydrogens is 198 g/mol. The maximum absolute atomic E-state index is 11.2. The van der Waals surface area contributed by atoms with Gasteiger partial charge in [-0.3, -0.25) is 0 Å². The van der Waals surface area contributed by atoms with Gasteiger partial charge < -0.3 is 15.2 Å². The van der Waals surface area contributed by atoms with E-state index in [-0.39, 0.29) is 0 Å². The number of alkyl carbamates (subject to hydrolysis) is 1. The number of carboxylic acid groups (broad SMARTS) is 1. The molecule has 2 N–H and O–H groups in total. The number of hydrogen-bond acceptors (Lipinski definition) is 3. The predicted octanol–water partition coefficient (Wildman–Crippen LogP) is 1.38. The summed E-state index contributed by atoms with van der Waals surface area (Å²) in [6.07, 6.45) is 1.90. The number of rotatable bonds is 2. The molecule has 0 heterocycles. The Hall–Kier alpha value is -1.26. The van der Waals surface area contributed by atoms with Gasteiger partial charge in [-0.1, -0.05) is 6.92 Å². The topological polar surface area (TPSA) is 75.6 Å². The second-order valence-corrected chi connectivity index (χ2v) is 4.19. The first-order valence-corrected chi connectivity index (χ1v) is 5.10. The lowest BCUT2D eigenvalue weighted by molar-refractivity contribution is -0.146. The van der Waals surface area contributed by atoms with Crippen molar-refractivity contribution in [2.45, 2.75) is 38.1 Å². The van der Waals surface area contributed by atoms with E-state index in [1.807, 2.05) is 0 Å². The van der Waals surface area contributed by atoms with Crippen molar-refractivity contribution in [3.8, 4) is 0 Å². The Morgan fingerprint density at radius 2 is 1.93 bits per heavy atom. The second-order valence-electron chi connectivity index (χ2n) is 4.19. The minimum absolute atomic E-state index is 0.471. The molecule has 86 valence electrons. The van der Waals surface area contributed by atoms with Crippen LogP contribution in [-0.4, -0.2) is 29.8 Å². The monoisotopic (exact) mass is 215 g/mol. The van der Waals surface area contributed by atoms with E-state index in [4.69, 9.17) is 5.11 Å². The number of aliphatic carboxylic acids is 1. The molecule has 0 spiro atoms. The van der Waals surface area contributed by atoms with E-state index in [1.54, 1.807) is 0 Å². The third kappa shape index (κ3) is 2.61. The standard InChI is InChI=1S/C10H17NO4/c1-7-3-5-10(6-4-7,8(12)13)11-9(14)15-2/h7H,3-6H2,1-2H3,(H,11,14)(H,12,13). The zero-order valence-corrected chi connectivity index (χ0v) is 9.08. The van der Waals surface area contributed by atoms with Gasteiger partial charge in [0, 0.05) is 0 Å². The minimum atomic E-state index is -1.13. The van der Waals surface area contributed by atoms with Crippen LogP contribution >= 0.6 is 0 Å². The number of carboxylic acids is 1. The van der Waals surface area contributed by atoms with Crippen molar-refractivity contribution in [3.63, 3.8) is 0 Å². The number of carbonyl (C=O) groups excluding carboxylic acids is 1. The molecule has 1 aliphatic carbocycles. The molecule has 5 heteroatoms. The smallest absolute Gasteiger partial charge is 0.407 e. The van der Waals surface area contributed by atoms with Crippen molar-refractivity contribution in [1.29, 1.82) is 0 Å². The molecular formula is C10H17NO4. The minimum Gasteiger partial charge on any atom is -0.480 e. The fraction of sp³-hybridized carbons (Fsp3) is 0.800. The van der Waals surface area contributed by atoms with Crippen LogP contribution < -0.4 is 5.32 Å². The third-order valence-electron chi connectivity index (χ3n) is 3.06. The predicted molar refractivity (Wildman–Crippen MR) is 53.5 cm³/mol. The highest BCUT2D eigenvalue weighted by Crippen LogP contribution is 2.32. The van der Waals surface area contributed by atoms with E-state index in [0.717, 1.165) is 12.8 Å². The average molecular weight is 215 g/mol. The summed E-state index contributed by atoms with van der Waals surface area (Å²) in [5.41, 5.74) is -1.13. The van der Waals surface area contributed by atoms with E-state index in [9.17, 15) is 9.59 Å². The van der Waals surface area contributed by atoms with Crippen molar-refractivity contribution in [2.75, 3.05) is 7.11 Å². The Morgan fingerprint density at radius 1 is 1.40 bits per heavy atom. The van der Waals surface area contributed by atoms with Crippen LogP contribution in [0.5, 0.6) is 0 Å². The summed E-state index contributed by atoms with van der Waals surface area (Å²) >= 11 is 0. The molecule has 0 atom stereocenters. The molecule has 0 aromatic carbocycles. The first-order chi connectivity index (χ1) is 7.00. The van der Waals surface area contributed by atoms with Crippen LogP contribution in [0, 0.1) is 5.92 Å². The SMILES string of the molecule is COC(=O)NC1(C(=O)O)CCC(C)CC1. The Morgan fingerprint density at radius 3 is 2.33 bits per heavy atom. The van der Waals surface area contributed by atoms with E-state index in [1.165, 1.54) is 7.11 Å². The maximum Gasteiger partial charge on any atom is 0.407 e.